The van der Waals surface area contributed by atoms with Gasteiger partial charge in [0.2, 0.25) is 5.91 Å². The number of hydrogen-bond acceptors (Lipinski definition) is 4. The van der Waals surface area contributed by atoms with Crippen LogP contribution >= 0.6 is 11.8 Å². The van der Waals surface area contributed by atoms with Crippen molar-refractivity contribution in [3.8, 4) is 6.07 Å². The molecule has 2 N–H and O–H groups in total. The van der Waals surface area contributed by atoms with E-state index in [-0.39, 0.29) is 11.8 Å². The summed E-state index contributed by atoms with van der Waals surface area (Å²) in [4.78, 5) is 25.1. The third-order valence-electron chi connectivity index (χ3n) is 4.04. The molecule has 2 aromatic carbocycles. The van der Waals surface area contributed by atoms with Gasteiger partial charge in [-0.05, 0) is 55.2 Å². The summed E-state index contributed by atoms with van der Waals surface area (Å²) >= 11 is 1.62. The average Bonchev–Trinajstić information content (AvgIpc) is 2.69. The van der Waals surface area contributed by atoms with Gasteiger partial charge in [0.1, 0.15) is 6.04 Å². The van der Waals surface area contributed by atoms with Crippen LogP contribution in [0.1, 0.15) is 33.5 Å². The molecule has 5 nitrogen and oxygen atoms in total. The van der Waals surface area contributed by atoms with E-state index in [0.29, 0.717) is 24.1 Å². The normalized spacial score (nSPS) is 11.3. The SMILES string of the molecule is CSCCC(NC(=O)c1cccc(C)c1)C(=O)NCc1cccc(C#N)c1. The molecule has 0 heterocycles. The number of rotatable bonds is 8. The Bertz CT molecular complexity index is 845. The first-order valence-electron chi connectivity index (χ1n) is 8.66. The van der Waals surface area contributed by atoms with Crippen molar-refractivity contribution >= 4 is 23.6 Å². The molecule has 0 saturated heterocycles. The predicted octanol–water partition coefficient (Wildman–Crippen LogP) is 3.03. The maximum Gasteiger partial charge on any atom is 0.251 e. The van der Waals surface area contributed by atoms with Gasteiger partial charge in [-0.1, -0.05) is 29.8 Å². The molecule has 6 heteroatoms. The highest BCUT2D eigenvalue weighted by atomic mass is 32.2. The lowest BCUT2D eigenvalue weighted by molar-refractivity contribution is -0.123. The number of amides is 2. The molecule has 0 saturated carbocycles. The molecule has 0 aliphatic rings. The molecule has 2 amide bonds. The van der Waals surface area contributed by atoms with Crippen molar-refractivity contribution in [1.82, 2.24) is 10.6 Å². The molecular weight excluding hydrogens is 358 g/mol. The Morgan fingerprint density at radius 3 is 2.67 bits per heavy atom. The van der Waals surface area contributed by atoms with E-state index >= 15 is 0 Å². The highest BCUT2D eigenvalue weighted by Crippen LogP contribution is 2.08. The van der Waals surface area contributed by atoms with Gasteiger partial charge in [-0.15, -0.1) is 0 Å². The van der Waals surface area contributed by atoms with Gasteiger partial charge in [0, 0.05) is 12.1 Å². The fraction of sp³-hybridized carbons (Fsp3) is 0.286. The van der Waals surface area contributed by atoms with Gasteiger partial charge in [0.05, 0.1) is 11.6 Å². The van der Waals surface area contributed by atoms with E-state index in [9.17, 15) is 9.59 Å². The second-order valence-corrected chi connectivity index (χ2v) is 7.19. The molecule has 0 fully saturated rings. The third kappa shape index (κ3) is 6.46. The van der Waals surface area contributed by atoms with Crippen LogP contribution in [0.3, 0.4) is 0 Å². The second-order valence-electron chi connectivity index (χ2n) is 6.21. The largest absolute Gasteiger partial charge is 0.350 e. The quantitative estimate of drug-likeness (QED) is 0.736. The van der Waals surface area contributed by atoms with Gasteiger partial charge in [-0.2, -0.15) is 17.0 Å². The zero-order valence-electron chi connectivity index (χ0n) is 15.5. The van der Waals surface area contributed by atoms with Crippen LogP contribution in [0.2, 0.25) is 0 Å². The zero-order valence-corrected chi connectivity index (χ0v) is 16.3. The van der Waals surface area contributed by atoms with E-state index in [1.54, 1.807) is 42.1 Å². The minimum atomic E-state index is -0.607. The van der Waals surface area contributed by atoms with Crippen LogP contribution in [-0.2, 0) is 11.3 Å². The van der Waals surface area contributed by atoms with Crippen molar-refractivity contribution in [3.05, 3.63) is 70.8 Å². The molecule has 1 unspecified atom stereocenters. The number of nitrogens with one attached hydrogen (secondary N) is 2. The van der Waals surface area contributed by atoms with Crippen LogP contribution in [0.4, 0.5) is 0 Å². The first kappa shape index (κ1) is 20.5. The summed E-state index contributed by atoms with van der Waals surface area (Å²) in [5.41, 5.74) is 2.92. The van der Waals surface area contributed by atoms with Crippen molar-refractivity contribution in [3.63, 3.8) is 0 Å². The van der Waals surface area contributed by atoms with Crippen molar-refractivity contribution in [2.24, 2.45) is 0 Å². The van der Waals surface area contributed by atoms with Crippen LogP contribution in [-0.4, -0.2) is 29.9 Å². The molecule has 0 radical (unpaired) electrons. The molecule has 0 aliphatic heterocycles. The lowest BCUT2D eigenvalue weighted by Gasteiger charge is -2.18. The van der Waals surface area contributed by atoms with Crippen LogP contribution in [0.15, 0.2) is 48.5 Å². The maximum absolute atomic E-state index is 12.6. The number of carbonyl (C=O) groups is 2. The second kappa shape index (κ2) is 10.4. The summed E-state index contributed by atoms with van der Waals surface area (Å²) in [6.07, 6.45) is 2.51. The molecule has 2 rings (SSSR count). The number of nitriles is 1. The first-order valence-corrected chi connectivity index (χ1v) is 10.1. The molecule has 0 bridgehead atoms. The number of aryl methyl sites for hydroxylation is 1. The molecule has 0 spiro atoms. The van der Waals surface area contributed by atoms with Crippen LogP contribution < -0.4 is 10.6 Å². The Morgan fingerprint density at radius 2 is 1.96 bits per heavy atom. The van der Waals surface area contributed by atoms with Crippen molar-refractivity contribution in [2.75, 3.05) is 12.0 Å². The number of thioether (sulfide) groups is 1. The highest BCUT2D eigenvalue weighted by molar-refractivity contribution is 7.98. The lowest BCUT2D eigenvalue weighted by atomic mass is 10.1. The standard InChI is InChI=1S/C21H23N3O2S/c1-15-5-3-8-18(11-15)20(25)24-19(9-10-27-2)21(26)23-14-17-7-4-6-16(12-17)13-22/h3-8,11-12,19H,9-10,14H2,1-2H3,(H,23,26)(H,24,25). The smallest absolute Gasteiger partial charge is 0.251 e. The van der Waals surface area contributed by atoms with E-state index < -0.39 is 6.04 Å². The van der Waals surface area contributed by atoms with Crippen molar-refractivity contribution < 1.29 is 9.59 Å². The summed E-state index contributed by atoms with van der Waals surface area (Å²) in [5.74, 6) is 0.273. The monoisotopic (exact) mass is 381 g/mol. The van der Waals surface area contributed by atoms with E-state index in [2.05, 4.69) is 16.7 Å². The molecular formula is C21H23N3O2S. The Balaban J connectivity index is 2.02. The van der Waals surface area contributed by atoms with Crippen molar-refractivity contribution in [1.29, 1.82) is 5.26 Å². The van der Waals surface area contributed by atoms with E-state index in [1.807, 2.05) is 31.4 Å². The number of hydrogen-bond donors (Lipinski definition) is 2. The van der Waals surface area contributed by atoms with Gasteiger partial charge in [-0.25, -0.2) is 0 Å². The average molecular weight is 382 g/mol. The Kier molecular flexibility index (Phi) is 7.90. The molecule has 1 atom stereocenters. The summed E-state index contributed by atoms with van der Waals surface area (Å²) in [6, 6.07) is 15.8. The third-order valence-corrected chi connectivity index (χ3v) is 4.68. The summed E-state index contributed by atoms with van der Waals surface area (Å²) in [5, 5.41) is 14.7. The van der Waals surface area contributed by atoms with Crippen molar-refractivity contribution in [2.45, 2.75) is 25.9 Å². The molecule has 2 aromatic rings. The van der Waals surface area contributed by atoms with Crippen LogP contribution in [0.5, 0.6) is 0 Å². The Hall–Kier alpha value is -2.78. The molecule has 0 aliphatic carbocycles. The van der Waals surface area contributed by atoms with Gasteiger partial charge in [-0.3, -0.25) is 9.59 Å². The molecule has 27 heavy (non-hydrogen) atoms. The summed E-state index contributed by atoms with van der Waals surface area (Å²) < 4.78 is 0. The topological polar surface area (TPSA) is 82.0 Å². The molecule has 0 aromatic heterocycles. The van der Waals surface area contributed by atoms with Gasteiger partial charge < -0.3 is 10.6 Å². The van der Waals surface area contributed by atoms with Gasteiger partial charge >= 0.3 is 0 Å². The van der Waals surface area contributed by atoms with Crippen LogP contribution in [0.25, 0.3) is 0 Å². The minimum absolute atomic E-state index is 0.229. The minimum Gasteiger partial charge on any atom is -0.350 e. The van der Waals surface area contributed by atoms with Gasteiger partial charge in [0.25, 0.3) is 5.91 Å². The number of benzene rings is 2. The fourth-order valence-corrected chi connectivity index (χ4v) is 3.07. The summed E-state index contributed by atoms with van der Waals surface area (Å²) in [6.45, 7) is 2.23. The molecule has 140 valence electrons. The van der Waals surface area contributed by atoms with E-state index in [1.165, 1.54) is 0 Å². The first-order chi connectivity index (χ1) is 13.0. The summed E-state index contributed by atoms with van der Waals surface area (Å²) in [7, 11) is 0. The number of carbonyl (C=O) groups excluding carboxylic acids is 2. The fourth-order valence-electron chi connectivity index (χ4n) is 2.60. The van der Waals surface area contributed by atoms with Crippen LogP contribution in [0, 0.1) is 18.3 Å². The van der Waals surface area contributed by atoms with E-state index in [0.717, 1.165) is 16.9 Å². The maximum atomic E-state index is 12.6. The zero-order chi connectivity index (χ0) is 19.6. The van der Waals surface area contributed by atoms with Gasteiger partial charge in [0.15, 0.2) is 0 Å². The lowest BCUT2D eigenvalue weighted by Crippen LogP contribution is -2.46. The predicted molar refractivity (Wildman–Crippen MR) is 108 cm³/mol. The highest BCUT2D eigenvalue weighted by Gasteiger charge is 2.21. The Morgan fingerprint density at radius 1 is 1.19 bits per heavy atom. The van der Waals surface area contributed by atoms with E-state index in [4.69, 9.17) is 5.26 Å². The Labute approximate surface area is 164 Å². The number of nitrogens with zero attached hydrogens (tertiary/aromatic N) is 1.